The van der Waals surface area contributed by atoms with Gasteiger partial charge in [-0.25, -0.2) is 4.98 Å². The zero-order valence-electron chi connectivity index (χ0n) is 21.8. The van der Waals surface area contributed by atoms with Crippen molar-refractivity contribution in [1.29, 1.82) is 0 Å². The van der Waals surface area contributed by atoms with Crippen molar-refractivity contribution in [2.45, 2.75) is 52.1 Å². The van der Waals surface area contributed by atoms with Gasteiger partial charge in [-0.3, -0.25) is 24.6 Å². The lowest BCUT2D eigenvalue weighted by molar-refractivity contribution is 0.0929. The van der Waals surface area contributed by atoms with Gasteiger partial charge in [0, 0.05) is 35.9 Å². The van der Waals surface area contributed by atoms with Crippen LogP contribution < -0.4 is 10.6 Å². The molecule has 3 aromatic heterocycles. The Morgan fingerprint density at radius 3 is 2.53 bits per heavy atom. The van der Waals surface area contributed by atoms with Crippen LogP contribution in [-0.2, 0) is 6.54 Å². The standard InChI is InChI=1S/C29H33N7O2/c1-3-22(4-2)32-28(37)26-10-8-23(17-31-26)33-29(38)27-24-14-20(7-9-25(24)34-35-27)21-13-19(15-30-16-21)18-36-11-5-6-12-36/h7-10,13-17,22H,3-6,11-12,18H2,1-2H3,(H,32,37)(H,33,38)(H,34,35). The van der Waals surface area contributed by atoms with E-state index in [0.29, 0.717) is 17.1 Å². The lowest BCUT2D eigenvalue weighted by Crippen LogP contribution is -2.34. The molecule has 1 aliphatic heterocycles. The predicted molar refractivity (Wildman–Crippen MR) is 148 cm³/mol. The summed E-state index contributed by atoms with van der Waals surface area (Å²) in [4.78, 5) is 36.7. The highest BCUT2D eigenvalue weighted by molar-refractivity contribution is 6.11. The summed E-state index contributed by atoms with van der Waals surface area (Å²) >= 11 is 0. The van der Waals surface area contributed by atoms with Crippen LogP contribution in [0.5, 0.6) is 0 Å². The molecule has 38 heavy (non-hydrogen) atoms. The van der Waals surface area contributed by atoms with Crippen LogP contribution in [0.4, 0.5) is 5.69 Å². The van der Waals surface area contributed by atoms with Crippen LogP contribution in [0.15, 0.2) is 55.0 Å². The number of pyridine rings is 2. The van der Waals surface area contributed by atoms with Crippen molar-refractivity contribution >= 4 is 28.4 Å². The Labute approximate surface area is 222 Å². The maximum absolute atomic E-state index is 13.1. The smallest absolute Gasteiger partial charge is 0.276 e. The van der Waals surface area contributed by atoms with Crippen LogP contribution in [0.25, 0.3) is 22.0 Å². The number of benzene rings is 1. The van der Waals surface area contributed by atoms with Gasteiger partial charge < -0.3 is 10.6 Å². The fraction of sp³-hybridized carbons (Fsp3) is 0.345. The van der Waals surface area contributed by atoms with E-state index >= 15 is 0 Å². The Balaban J connectivity index is 1.31. The van der Waals surface area contributed by atoms with Gasteiger partial charge in [0.05, 0.1) is 17.4 Å². The molecule has 1 aliphatic rings. The lowest BCUT2D eigenvalue weighted by atomic mass is 10.0. The van der Waals surface area contributed by atoms with E-state index in [1.54, 1.807) is 12.1 Å². The first-order chi connectivity index (χ1) is 18.5. The molecule has 0 spiro atoms. The third kappa shape index (κ3) is 5.73. The SMILES string of the molecule is CCC(CC)NC(=O)c1ccc(NC(=O)c2n[nH]c3ccc(-c4cncc(CN5CCCC5)c4)cc23)cn1. The maximum Gasteiger partial charge on any atom is 0.276 e. The topological polar surface area (TPSA) is 116 Å². The lowest BCUT2D eigenvalue weighted by Gasteiger charge is -2.14. The second-order valence-electron chi connectivity index (χ2n) is 9.77. The number of amides is 2. The summed E-state index contributed by atoms with van der Waals surface area (Å²) in [5.41, 5.74) is 5.01. The van der Waals surface area contributed by atoms with Gasteiger partial charge >= 0.3 is 0 Å². The molecule has 0 atom stereocenters. The average Bonchev–Trinajstić information content (AvgIpc) is 3.62. The predicted octanol–water partition coefficient (Wildman–Crippen LogP) is 4.79. The van der Waals surface area contributed by atoms with E-state index in [1.807, 2.05) is 44.4 Å². The molecule has 4 heterocycles. The molecule has 4 aromatic rings. The van der Waals surface area contributed by atoms with Crippen molar-refractivity contribution in [3.8, 4) is 11.1 Å². The van der Waals surface area contributed by atoms with Gasteiger partial charge in [-0.2, -0.15) is 5.10 Å². The van der Waals surface area contributed by atoms with E-state index in [9.17, 15) is 9.59 Å². The summed E-state index contributed by atoms with van der Waals surface area (Å²) in [5, 5.41) is 13.7. The van der Waals surface area contributed by atoms with Crippen molar-refractivity contribution < 1.29 is 9.59 Å². The van der Waals surface area contributed by atoms with Crippen molar-refractivity contribution in [3.63, 3.8) is 0 Å². The van der Waals surface area contributed by atoms with E-state index in [2.05, 4.69) is 41.8 Å². The highest BCUT2D eigenvalue weighted by atomic mass is 16.2. The first-order valence-electron chi connectivity index (χ1n) is 13.3. The van der Waals surface area contributed by atoms with Crippen LogP contribution in [0, 0.1) is 0 Å². The highest BCUT2D eigenvalue weighted by Gasteiger charge is 2.17. The number of aromatic nitrogens is 4. The quantitative estimate of drug-likeness (QED) is 0.298. The maximum atomic E-state index is 13.1. The number of nitrogens with zero attached hydrogens (tertiary/aromatic N) is 4. The monoisotopic (exact) mass is 511 g/mol. The Bertz CT molecular complexity index is 1420. The molecular formula is C29H33N7O2. The number of hydrogen-bond acceptors (Lipinski definition) is 6. The third-order valence-corrected chi connectivity index (χ3v) is 7.09. The number of hydrogen-bond donors (Lipinski definition) is 3. The molecule has 0 radical (unpaired) electrons. The molecule has 0 saturated carbocycles. The molecular weight excluding hydrogens is 478 g/mol. The summed E-state index contributed by atoms with van der Waals surface area (Å²) < 4.78 is 0. The average molecular weight is 512 g/mol. The first-order valence-corrected chi connectivity index (χ1v) is 13.3. The summed E-state index contributed by atoms with van der Waals surface area (Å²) in [7, 11) is 0. The third-order valence-electron chi connectivity index (χ3n) is 7.09. The molecule has 1 fully saturated rings. The van der Waals surface area contributed by atoms with E-state index in [-0.39, 0.29) is 17.9 Å². The molecule has 9 nitrogen and oxygen atoms in total. The van der Waals surface area contributed by atoms with Crippen LogP contribution >= 0.6 is 0 Å². The fourth-order valence-corrected chi connectivity index (χ4v) is 4.84. The van der Waals surface area contributed by atoms with Crippen LogP contribution in [0.3, 0.4) is 0 Å². The zero-order chi connectivity index (χ0) is 26.5. The Morgan fingerprint density at radius 1 is 0.974 bits per heavy atom. The van der Waals surface area contributed by atoms with E-state index in [1.165, 1.54) is 24.6 Å². The van der Waals surface area contributed by atoms with Gasteiger partial charge in [0.15, 0.2) is 5.69 Å². The molecule has 196 valence electrons. The number of aromatic amines is 1. The number of rotatable bonds is 9. The van der Waals surface area contributed by atoms with Crippen molar-refractivity contribution in [3.05, 3.63) is 71.9 Å². The highest BCUT2D eigenvalue weighted by Crippen LogP contribution is 2.27. The van der Waals surface area contributed by atoms with Crippen molar-refractivity contribution in [2.75, 3.05) is 18.4 Å². The van der Waals surface area contributed by atoms with Crippen LogP contribution in [0.2, 0.25) is 0 Å². The number of fused-ring (bicyclic) bond motifs is 1. The second-order valence-corrected chi connectivity index (χ2v) is 9.77. The second kappa shape index (κ2) is 11.5. The molecule has 1 aromatic carbocycles. The van der Waals surface area contributed by atoms with Gasteiger partial charge in [0.25, 0.3) is 11.8 Å². The number of likely N-dealkylation sites (tertiary alicyclic amines) is 1. The van der Waals surface area contributed by atoms with Crippen molar-refractivity contribution in [1.82, 2.24) is 30.4 Å². The molecule has 5 rings (SSSR count). The molecule has 0 bridgehead atoms. The number of anilines is 1. The number of H-pyrrole nitrogens is 1. The minimum absolute atomic E-state index is 0.116. The van der Waals surface area contributed by atoms with Crippen LogP contribution in [-0.4, -0.2) is 56.0 Å². The molecule has 2 amide bonds. The van der Waals surface area contributed by atoms with Gasteiger partial charge in [0.2, 0.25) is 0 Å². The molecule has 1 saturated heterocycles. The molecule has 3 N–H and O–H groups in total. The zero-order valence-corrected chi connectivity index (χ0v) is 21.8. The van der Waals surface area contributed by atoms with E-state index in [4.69, 9.17) is 0 Å². The Kier molecular flexibility index (Phi) is 7.74. The summed E-state index contributed by atoms with van der Waals surface area (Å²) in [6.07, 6.45) is 9.48. The van der Waals surface area contributed by atoms with Gasteiger partial charge in [-0.05, 0) is 80.2 Å². The molecule has 0 aliphatic carbocycles. The van der Waals surface area contributed by atoms with Gasteiger partial charge in [-0.1, -0.05) is 19.9 Å². The fourth-order valence-electron chi connectivity index (χ4n) is 4.84. The molecule has 9 heteroatoms. The van der Waals surface area contributed by atoms with E-state index in [0.717, 1.165) is 54.5 Å². The van der Waals surface area contributed by atoms with Gasteiger partial charge in [0.1, 0.15) is 5.69 Å². The first kappa shape index (κ1) is 25.5. The normalized spacial score (nSPS) is 13.8. The minimum atomic E-state index is -0.356. The Hall–Kier alpha value is -4.11. The van der Waals surface area contributed by atoms with Crippen molar-refractivity contribution in [2.24, 2.45) is 0 Å². The van der Waals surface area contributed by atoms with E-state index < -0.39 is 0 Å². The number of carbonyl (C=O) groups excluding carboxylic acids is 2. The van der Waals surface area contributed by atoms with Crippen LogP contribution in [0.1, 0.15) is 66.1 Å². The number of nitrogens with one attached hydrogen (secondary N) is 3. The number of carbonyl (C=O) groups is 2. The Morgan fingerprint density at radius 2 is 1.79 bits per heavy atom. The summed E-state index contributed by atoms with van der Waals surface area (Å²) in [5.74, 6) is -0.577. The summed E-state index contributed by atoms with van der Waals surface area (Å²) in [6.45, 7) is 7.23. The van der Waals surface area contributed by atoms with Gasteiger partial charge in [-0.15, -0.1) is 0 Å². The largest absolute Gasteiger partial charge is 0.348 e. The minimum Gasteiger partial charge on any atom is -0.348 e. The molecule has 0 unspecified atom stereocenters. The summed E-state index contributed by atoms with van der Waals surface area (Å²) in [6, 6.07) is 11.5.